The van der Waals surface area contributed by atoms with Crippen LogP contribution in [0.1, 0.15) is 40.0 Å². The van der Waals surface area contributed by atoms with E-state index in [2.05, 4.69) is 5.09 Å². The summed E-state index contributed by atoms with van der Waals surface area (Å²) in [5.74, 6) is 0. The van der Waals surface area contributed by atoms with Crippen molar-refractivity contribution in [3.05, 3.63) is 0 Å². The van der Waals surface area contributed by atoms with Crippen molar-refractivity contribution in [3.8, 4) is 0 Å². The van der Waals surface area contributed by atoms with Crippen LogP contribution in [-0.2, 0) is 41.1 Å². The van der Waals surface area contributed by atoms with E-state index >= 15 is 0 Å². The minimum absolute atomic E-state index is 0.0462. The van der Waals surface area contributed by atoms with E-state index in [0.717, 1.165) is 19.3 Å². The van der Waals surface area contributed by atoms with Gasteiger partial charge in [0.2, 0.25) is 0 Å². The van der Waals surface area contributed by atoms with Gasteiger partial charge in [-0.05, 0) is 33.6 Å². The Morgan fingerprint density at radius 1 is 0.800 bits per heavy atom. The summed E-state index contributed by atoms with van der Waals surface area (Å²) >= 11 is 0. The third-order valence-electron chi connectivity index (χ3n) is 4.14. The van der Waals surface area contributed by atoms with Gasteiger partial charge in [-0.25, -0.2) is 5.09 Å². The summed E-state index contributed by atoms with van der Waals surface area (Å²) in [7, 11) is -8.18. The summed E-state index contributed by atoms with van der Waals surface area (Å²) in [6.45, 7) is 9.40. The lowest BCUT2D eigenvalue weighted by Gasteiger charge is -2.31. The lowest BCUT2D eigenvalue weighted by Crippen LogP contribution is -2.34. The van der Waals surface area contributed by atoms with Crippen LogP contribution in [-0.4, -0.2) is 71.3 Å². The first kappa shape index (κ1) is 28.4. The van der Waals surface area contributed by atoms with Crippen LogP contribution in [0.25, 0.3) is 0 Å². The van der Waals surface area contributed by atoms with Gasteiger partial charge in [0.1, 0.15) is 0 Å². The van der Waals surface area contributed by atoms with E-state index in [-0.39, 0.29) is 25.9 Å². The molecule has 0 bridgehead atoms. The van der Waals surface area contributed by atoms with Crippen LogP contribution >= 0.6 is 22.7 Å². The predicted octanol–water partition coefficient (Wildman–Crippen LogP) is 4.49. The highest BCUT2D eigenvalue weighted by Gasteiger charge is 2.29. The molecule has 0 aromatic carbocycles. The van der Waals surface area contributed by atoms with Crippen molar-refractivity contribution in [1.29, 1.82) is 0 Å². The SMILES string of the molecule is COCC(C)OP(C)(=O)OCC(C)OP(C)(=O)OCC(C)OP(C)(=O)NC1CCC1. The van der Waals surface area contributed by atoms with Crippen molar-refractivity contribution in [3.63, 3.8) is 0 Å². The molecular weight excluding hydrogens is 455 g/mol. The van der Waals surface area contributed by atoms with E-state index in [1.807, 2.05) is 0 Å². The Morgan fingerprint density at radius 3 is 1.63 bits per heavy atom. The molecule has 0 radical (unpaired) electrons. The number of methoxy groups -OCH3 is 1. The minimum atomic E-state index is -3.43. The van der Waals surface area contributed by atoms with E-state index < -0.39 is 41.0 Å². The van der Waals surface area contributed by atoms with Crippen LogP contribution in [0.5, 0.6) is 0 Å². The zero-order chi connectivity index (χ0) is 23.0. The van der Waals surface area contributed by atoms with Gasteiger partial charge in [-0.3, -0.25) is 13.7 Å². The molecular formula is C17H38NO9P3. The Kier molecular flexibility index (Phi) is 11.9. The second-order valence-electron chi connectivity index (χ2n) is 7.94. The van der Waals surface area contributed by atoms with Gasteiger partial charge in [-0.1, -0.05) is 6.42 Å². The average Bonchev–Trinajstić information content (AvgIpc) is 2.54. The number of nitrogens with one attached hydrogen (secondary N) is 1. The number of hydrogen-bond acceptors (Lipinski definition) is 9. The molecule has 30 heavy (non-hydrogen) atoms. The minimum Gasteiger partial charge on any atom is -0.382 e. The number of ether oxygens (including phenoxy) is 1. The molecule has 10 nitrogen and oxygen atoms in total. The van der Waals surface area contributed by atoms with Gasteiger partial charge < -0.3 is 27.4 Å². The summed E-state index contributed by atoms with van der Waals surface area (Å²) in [5, 5.41) is 3.02. The van der Waals surface area contributed by atoms with E-state index in [1.54, 1.807) is 20.8 Å². The lowest BCUT2D eigenvalue weighted by molar-refractivity contribution is 0.0599. The van der Waals surface area contributed by atoms with Gasteiger partial charge in [-0.15, -0.1) is 0 Å². The smallest absolute Gasteiger partial charge is 0.328 e. The molecule has 1 saturated carbocycles. The maximum absolute atomic E-state index is 12.6. The second kappa shape index (κ2) is 12.6. The van der Waals surface area contributed by atoms with E-state index in [9.17, 15) is 13.7 Å². The molecule has 0 aromatic heterocycles. The predicted molar refractivity (Wildman–Crippen MR) is 117 cm³/mol. The number of rotatable bonds is 16. The zero-order valence-electron chi connectivity index (χ0n) is 19.1. The Morgan fingerprint density at radius 2 is 1.23 bits per heavy atom. The van der Waals surface area contributed by atoms with Crippen molar-refractivity contribution in [2.75, 3.05) is 46.9 Å². The molecule has 1 aliphatic rings. The molecule has 0 spiro atoms. The van der Waals surface area contributed by atoms with Crippen molar-refractivity contribution in [1.82, 2.24) is 5.09 Å². The molecule has 0 aromatic rings. The maximum atomic E-state index is 12.6. The van der Waals surface area contributed by atoms with Crippen LogP contribution in [0.15, 0.2) is 0 Å². The standard InChI is InChI=1S/C17H38NO9P3/c1-14(11-22-4)26-29(6,20)24-13-16(3)27-30(7,21)23-12-15(2)25-28(5,19)18-17-9-8-10-17/h14-17H,8-13H2,1-7H3,(H,18,19). The number of hydrogen-bond donors (Lipinski definition) is 1. The van der Waals surface area contributed by atoms with Gasteiger partial charge in [0.15, 0.2) is 0 Å². The fourth-order valence-corrected chi connectivity index (χ4v) is 7.01. The normalized spacial score (nSPS) is 24.1. The van der Waals surface area contributed by atoms with Crippen molar-refractivity contribution < 1.29 is 41.1 Å². The Bertz CT molecular complexity index is 658. The molecule has 0 amide bonds. The van der Waals surface area contributed by atoms with Crippen LogP contribution in [0, 0.1) is 0 Å². The van der Waals surface area contributed by atoms with E-state index in [1.165, 1.54) is 27.1 Å². The first-order valence-corrected chi connectivity index (χ1v) is 16.1. The molecule has 6 atom stereocenters. The molecule has 0 aliphatic heterocycles. The molecule has 0 saturated heterocycles. The summed E-state index contributed by atoms with van der Waals surface area (Å²) < 4.78 is 69.3. The highest BCUT2D eigenvalue weighted by molar-refractivity contribution is 7.56. The van der Waals surface area contributed by atoms with E-state index in [4.69, 9.17) is 27.4 Å². The highest BCUT2D eigenvalue weighted by atomic mass is 31.2. The zero-order valence-corrected chi connectivity index (χ0v) is 21.8. The molecule has 1 rings (SSSR count). The Labute approximate surface area is 180 Å². The molecule has 0 heterocycles. The first-order valence-electron chi connectivity index (χ1n) is 10.1. The first-order chi connectivity index (χ1) is 13.7. The molecule has 13 heteroatoms. The fraction of sp³-hybridized carbons (Fsp3) is 1.00. The Hall–Kier alpha value is 0.410. The van der Waals surface area contributed by atoms with Crippen LogP contribution in [0.2, 0.25) is 0 Å². The van der Waals surface area contributed by atoms with Crippen LogP contribution in [0.4, 0.5) is 0 Å². The van der Waals surface area contributed by atoms with E-state index in [0.29, 0.717) is 0 Å². The summed E-state index contributed by atoms with van der Waals surface area (Å²) in [4.78, 5) is 0. The summed E-state index contributed by atoms with van der Waals surface area (Å²) in [6, 6.07) is 0.228. The van der Waals surface area contributed by atoms with Gasteiger partial charge >= 0.3 is 15.2 Å². The van der Waals surface area contributed by atoms with Gasteiger partial charge in [-0.2, -0.15) is 0 Å². The molecule has 1 N–H and O–H groups in total. The summed E-state index contributed by atoms with van der Waals surface area (Å²) in [6.07, 6.45) is 1.53. The second-order valence-corrected chi connectivity index (χ2v) is 14.1. The maximum Gasteiger partial charge on any atom is 0.328 e. The van der Waals surface area contributed by atoms with Crippen LogP contribution < -0.4 is 5.09 Å². The van der Waals surface area contributed by atoms with Crippen molar-refractivity contribution in [2.24, 2.45) is 0 Å². The topological polar surface area (TPSA) is 119 Å². The fourth-order valence-electron chi connectivity index (χ4n) is 2.76. The lowest BCUT2D eigenvalue weighted by atomic mass is 9.94. The van der Waals surface area contributed by atoms with Gasteiger partial charge in [0.05, 0.1) is 38.1 Å². The Balaban J connectivity index is 2.36. The third kappa shape index (κ3) is 12.4. The monoisotopic (exact) mass is 493 g/mol. The quantitative estimate of drug-likeness (QED) is 0.308. The third-order valence-corrected chi connectivity index (χ3v) is 8.45. The highest BCUT2D eigenvalue weighted by Crippen LogP contribution is 2.49. The van der Waals surface area contributed by atoms with Gasteiger partial charge in [0, 0.05) is 33.1 Å². The molecule has 1 aliphatic carbocycles. The van der Waals surface area contributed by atoms with Gasteiger partial charge in [0.25, 0.3) is 7.52 Å². The summed E-state index contributed by atoms with van der Waals surface area (Å²) in [5.41, 5.74) is 0. The van der Waals surface area contributed by atoms with Crippen molar-refractivity contribution >= 4 is 22.7 Å². The largest absolute Gasteiger partial charge is 0.382 e. The average molecular weight is 493 g/mol. The van der Waals surface area contributed by atoms with Crippen LogP contribution in [0.3, 0.4) is 0 Å². The molecule has 180 valence electrons. The molecule has 1 fully saturated rings. The molecule has 6 unspecified atom stereocenters. The van der Waals surface area contributed by atoms with Crippen molar-refractivity contribution in [2.45, 2.75) is 64.4 Å².